The summed E-state index contributed by atoms with van der Waals surface area (Å²) in [6, 6.07) is 17.3. The average Bonchev–Trinajstić information content (AvgIpc) is 3.12. The van der Waals surface area contributed by atoms with Gasteiger partial charge in [0.2, 0.25) is 0 Å². The van der Waals surface area contributed by atoms with Gasteiger partial charge >= 0.3 is 0 Å². The Morgan fingerprint density at radius 1 is 1.12 bits per heavy atom. The number of carbonyl (C=O) groups is 1. The van der Waals surface area contributed by atoms with Gasteiger partial charge in [-0.1, -0.05) is 48.5 Å². The first-order valence-electron chi connectivity index (χ1n) is 7.63. The fraction of sp³-hybridized carbons (Fsp3) is 0.158. The van der Waals surface area contributed by atoms with Crippen LogP contribution in [0.2, 0.25) is 0 Å². The zero-order valence-electron chi connectivity index (χ0n) is 13.5. The fourth-order valence-electron chi connectivity index (χ4n) is 2.46. The van der Waals surface area contributed by atoms with E-state index in [2.05, 4.69) is 10.3 Å². The van der Waals surface area contributed by atoms with E-state index in [1.54, 1.807) is 12.5 Å². The van der Waals surface area contributed by atoms with Gasteiger partial charge in [0.15, 0.2) is 0 Å². The van der Waals surface area contributed by atoms with Gasteiger partial charge in [-0.25, -0.2) is 4.98 Å². The van der Waals surface area contributed by atoms with Gasteiger partial charge in [0.25, 0.3) is 5.91 Å². The van der Waals surface area contributed by atoms with E-state index in [9.17, 15) is 4.79 Å². The highest BCUT2D eigenvalue weighted by molar-refractivity contribution is 7.13. The molecule has 0 radical (unpaired) electrons. The molecule has 1 aromatic heterocycles. The third-order valence-electron chi connectivity index (χ3n) is 3.71. The second-order valence-electron chi connectivity index (χ2n) is 5.34. The quantitative estimate of drug-likeness (QED) is 0.754. The topological polar surface area (TPSA) is 51.2 Å². The number of nitrogens with one attached hydrogen (secondary N) is 1. The largest absolute Gasteiger partial charge is 0.496 e. The first-order chi connectivity index (χ1) is 11.7. The molecule has 3 rings (SSSR count). The van der Waals surface area contributed by atoms with Crippen LogP contribution in [-0.4, -0.2) is 18.0 Å². The van der Waals surface area contributed by atoms with Crippen molar-refractivity contribution in [1.29, 1.82) is 0 Å². The van der Waals surface area contributed by atoms with Crippen molar-refractivity contribution in [3.05, 3.63) is 71.2 Å². The number of para-hydroxylation sites is 1. The molecule has 122 valence electrons. The van der Waals surface area contributed by atoms with Crippen LogP contribution in [0.4, 0.5) is 0 Å². The molecule has 4 nitrogen and oxygen atoms in total. The van der Waals surface area contributed by atoms with E-state index in [0.717, 1.165) is 21.9 Å². The molecule has 0 aliphatic rings. The maximum atomic E-state index is 12.5. The number of ether oxygens (including phenoxy) is 1. The third-order valence-corrected chi connectivity index (χ3v) is 4.60. The van der Waals surface area contributed by atoms with Crippen LogP contribution in [0.3, 0.4) is 0 Å². The predicted octanol–water partition coefficient (Wildman–Crippen LogP) is 4.31. The standard InChI is InChI=1S/C19H18N2O2S/c1-13(15-10-6-7-11-17(15)23-2)20-18(22)16-12-24-19(21-16)14-8-4-3-5-9-14/h3-13H,1-2H3,(H,20,22)/t13-/m1/s1. The number of rotatable bonds is 5. The number of amides is 1. The van der Waals surface area contributed by atoms with Crippen molar-refractivity contribution in [2.24, 2.45) is 0 Å². The van der Waals surface area contributed by atoms with Crippen LogP contribution in [0, 0.1) is 0 Å². The van der Waals surface area contributed by atoms with Crippen molar-refractivity contribution >= 4 is 17.2 Å². The summed E-state index contributed by atoms with van der Waals surface area (Å²) in [6.45, 7) is 1.93. The minimum absolute atomic E-state index is 0.171. The highest BCUT2D eigenvalue weighted by atomic mass is 32.1. The van der Waals surface area contributed by atoms with E-state index in [-0.39, 0.29) is 11.9 Å². The lowest BCUT2D eigenvalue weighted by Crippen LogP contribution is -2.27. The van der Waals surface area contributed by atoms with Crippen molar-refractivity contribution in [2.75, 3.05) is 7.11 Å². The third kappa shape index (κ3) is 3.46. The van der Waals surface area contributed by atoms with Crippen molar-refractivity contribution in [3.8, 4) is 16.3 Å². The zero-order chi connectivity index (χ0) is 16.9. The van der Waals surface area contributed by atoms with Gasteiger partial charge in [-0.15, -0.1) is 11.3 Å². The molecule has 0 unspecified atom stereocenters. The number of benzene rings is 2. The average molecular weight is 338 g/mol. The van der Waals surface area contributed by atoms with Crippen molar-refractivity contribution in [1.82, 2.24) is 10.3 Å². The summed E-state index contributed by atoms with van der Waals surface area (Å²) in [5.41, 5.74) is 2.38. The summed E-state index contributed by atoms with van der Waals surface area (Å²) in [4.78, 5) is 16.9. The first kappa shape index (κ1) is 16.2. The van der Waals surface area contributed by atoms with Crippen LogP contribution in [0.25, 0.3) is 10.6 Å². The molecule has 5 heteroatoms. The lowest BCUT2D eigenvalue weighted by Gasteiger charge is -2.16. The second-order valence-corrected chi connectivity index (χ2v) is 6.20. The SMILES string of the molecule is COc1ccccc1[C@@H](C)NC(=O)c1csc(-c2ccccc2)n1. The van der Waals surface area contributed by atoms with Crippen molar-refractivity contribution in [3.63, 3.8) is 0 Å². The number of nitrogens with zero attached hydrogens (tertiary/aromatic N) is 1. The lowest BCUT2D eigenvalue weighted by atomic mass is 10.1. The molecule has 2 aromatic carbocycles. The molecule has 0 fully saturated rings. The summed E-state index contributed by atoms with van der Waals surface area (Å²) in [7, 11) is 1.62. The van der Waals surface area contributed by atoms with Crippen LogP contribution in [0.5, 0.6) is 5.75 Å². The molecule has 3 aromatic rings. The van der Waals surface area contributed by atoms with E-state index < -0.39 is 0 Å². The van der Waals surface area contributed by atoms with Crippen LogP contribution < -0.4 is 10.1 Å². The molecule has 1 atom stereocenters. The summed E-state index contributed by atoms with van der Waals surface area (Å²) < 4.78 is 5.35. The molecule has 0 aliphatic carbocycles. The maximum absolute atomic E-state index is 12.5. The Hall–Kier alpha value is -2.66. The van der Waals surface area contributed by atoms with E-state index in [1.165, 1.54) is 11.3 Å². The molecule has 0 bridgehead atoms. The normalized spacial score (nSPS) is 11.8. The van der Waals surface area contributed by atoms with E-state index in [1.807, 2.05) is 61.5 Å². The van der Waals surface area contributed by atoms with Crippen LogP contribution >= 0.6 is 11.3 Å². The summed E-state index contributed by atoms with van der Waals surface area (Å²) in [5.74, 6) is 0.570. The molecule has 0 spiro atoms. The Labute approximate surface area is 145 Å². The van der Waals surface area contributed by atoms with Gasteiger partial charge in [-0.05, 0) is 13.0 Å². The predicted molar refractivity (Wildman–Crippen MR) is 96.4 cm³/mol. The van der Waals surface area contributed by atoms with E-state index in [0.29, 0.717) is 5.69 Å². The number of hydrogen-bond acceptors (Lipinski definition) is 4. The minimum atomic E-state index is -0.188. The molecular formula is C19H18N2O2S. The number of methoxy groups -OCH3 is 1. The molecule has 1 heterocycles. The van der Waals surface area contributed by atoms with Crippen molar-refractivity contribution < 1.29 is 9.53 Å². The molecule has 0 saturated carbocycles. The molecular weight excluding hydrogens is 320 g/mol. The summed E-state index contributed by atoms with van der Waals surface area (Å²) >= 11 is 1.46. The Morgan fingerprint density at radius 2 is 1.83 bits per heavy atom. The van der Waals surface area contributed by atoms with Gasteiger partial charge in [0.05, 0.1) is 13.2 Å². The minimum Gasteiger partial charge on any atom is -0.496 e. The second kappa shape index (κ2) is 7.27. The summed E-state index contributed by atoms with van der Waals surface area (Å²) in [5, 5.41) is 5.60. The van der Waals surface area contributed by atoms with Crippen molar-refractivity contribution in [2.45, 2.75) is 13.0 Å². The van der Waals surface area contributed by atoms with E-state index >= 15 is 0 Å². The molecule has 1 N–H and O–H groups in total. The number of aromatic nitrogens is 1. The number of hydrogen-bond donors (Lipinski definition) is 1. The monoisotopic (exact) mass is 338 g/mol. The Bertz CT molecular complexity index is 830. The number of thiazole rings is 1. The van der Waals surface area contributed by atoms with Crippen LogP contribution in [-0.2, 0) is 0 Å². The molecule has 24 heavy (non-hydrogen) atoms. The highest BCUT2D eigenvalue weighted by Crippen LogP contribution is 2.26. The maximum Gasteiger partial charge on any atom is 0.271 e. The highest BCUT2D eigenvalue weighted by Gasteiger charge is 2.17. The van der Waals surface area contributed by atoms with Gasteiger partial charge in [-0.2, -0.15) is 0 Å². The summed E-state index contributed by atoms with van der Waals surface area (Å²) in [6.07, 6.45) is 0. The van der Waals surface area contributed by atoms with E-state index in [4.69, 9.17) is 4.74 Å². The van der Waals surface area contributed by atoms with Gasteiger partial charge < -0.3 is 10.1 Å². The Kier molecular flexibility index (Phi) is 4.91. The smallest absolute Gasteiger partial charge is 0.271 e. The lowest BCUT2D eigenvalue weighted by molar-refractivity contribution is 0.0935. The number of carbonyl (C=O) groups excluding carboxylic acids is 1. The molecule has 0 aliphatic heterocycles. The van der Waals surface area contributed by atoms with Crippen LogP contribution in [0.15, 0.2) is 60.0 Å². The molecule has 0 saturated heterocycles. The zero-order valence-corrected chi connectivity index (χ0v) is 14.3. The Morgan fingerprint density at radius 3 is 2.58 bits per heavy atom. The van der Waals surface area contributed by atoms with Gasteiger partial charge in [0.1, 0.15) is 16.5 Å². The van der Waals surface area contributed by atoms with Crippen LogP contribution in [0.1, 0.15) is 29.0 Å². The first-order valence-corrected chi connectivity index (χ1v) is 8.51. The fourth-order valence-corrected chi connectivity index (χ4v) is 3.27. The van der Waals surface area contributed by atoms with Gasteiger partial charge in [0, 0.05) is 16.5 Å². The van der Waals surface area contributed by atoms with Gasteiger partial charge in [-0.3, -0.25) is 4.79 Å². The molecule has 1 amide bonds. The Balaban J connectivity index is 1.75.